The van der Waals surface area contributed by atoms with Gasteiger partial charge in [-0.3, -0.25) is 0 Å². The molecule has 0 aliphatic rings. The van der Waals surface area contributed by atoms with E-state index in [2.05, 4.69) is 38.8 Å². The molecule has 0 atom stereocenters. The Hall–Kier alpha value is -1.57. The summed E-state index contributed by atoms with van der Waals surface area (Å²) in [5.41, 5.74) is 0.662. The predicted octanol–water partition coefficient (Wildman–Crippen LogP) is 4.51. The van der Waals surface area contributed by atoms with Gasteiger partial charge in [0.2, 0.25) is 11.8 Å². The van der Waals surface area contributed by atoms with E-state index < -0.39 is 0 Å². The highest BCUT2D eigenvalue weighted by atomic mass is 35.5. The van der Waals surface area contributed by atoms with Crippen LogP contribution in [0.4, 0.5) is 0 Å². The van der Waals surface area contributed by atoms with Gasteiger partial charge < -0.3 is 8.98 Å². The second kappa shape index (κ2) is 7.55. The molecule has 0 saturated heterocycles. The summed E-state index contributed by atoms with van der Waals surface area (Å²) in [6.07, 6.45) is 0.848. The second-order valence-electron chi connectivity index (χ2n) is 4.91. The van der Waals surface area contributed by atoms with E-state index in [0.29, 0.717) is 33.1 Å². The van der Waals surface area contributed by atoms with E-state index in [9.17, 15) is 0 Å². The maximum atomic E-state index is 6.17. The minimum Gasteiger partial charge on any atom is -0.420 e. The first kappa shape index (κ1) is 17.3. The van der Waals surface area contributed by atoms with Crippen LogP contribution in [0.15, 0.2) is 27.8 Å². The van der Waals surface area contributed by atoms with E-state index in [-0.39, 0.29) is 0 Å². The van der Waals surface area contributed by atoms with Crippen molar-refractivity contribution in [2.24, 2.45) is 0 Å². The largest absolute Gasteiger partial charge is 0.420 e. The number of hydrogen-bond donors (Lipinski definition) is 0. The van der Waals surface area contributed by atoms with Crippen molar-refractivity contribution >= 4 is 35.0 Å². The van der Waals surface area contributed by atoms with Crippen molar-refractivity contribution in [1.29, 1.82) is 0 Å². The summed E-state index contributed by atoms with van der Waals surface area (Å²) < 4.78 is 7.77. The van der Waals surface area contributed by atoms with E-state index in [4.69, 9.17) is 27.6 Å². The van der Waals surface area contributed by atoms with Crippen molar-refractivity contribution in [2.45, 2.75) is 37.7 Å². The Morgan fingerprint density at radius 3 is 2.67 bits per heavy atom. The lowest BCUT2D eigenvalue weighted by atomic mass is 10.2. The van der Waals surface area contributed by atoms with Crippen molar-refractivity contribution < 1.29 is 4.42 Å². The third-order valence-corrected chi connectivity index (χ3v) is 4.88. The third-order valence-electron chi connectivity index (χ3n) is 3.38. The van der Waals surface area contributed by atoms with Gasteiger partial charge >= 0.3 is 0 Å². The van der Waals surface area contributed by atoms with Gasteiger partial charge in [-0.25, -0.2) is 0 Å². The van der Waals surface area contributed by atoms with Gasteiger partial charge in [0, 0.05) is 18.0 Å². The summed E-state index contributed by atoms with van der Waals surface area (Å²) in [7, 11) is 0. The smallest absolute Gasteiger partial charge is 0.249 e. The topological polar surface area (TPSA) is 69.6 Å². The molecule has 3 rings (SSSR count). The van der Waals surface area contributed by atoms with Gasteiger partial charge in [0.15, 0.2) is 5.16 Å². The SMILES string of the molecule is CCc1nnc(SCc2nnc(-c3ccc(Cl)cc3Cl)o2)n1CC. The van der Waals surface area contributed by atoms with Crippen molar-refractivity contribution in [2.75, 3.05) is 0 Å². The van der Waals surface area contributed by atoms with Gasteiger partial charge in [0.25, 0.3) is 0 Å². The molecule has 3 aromatic rings. The Kier molecular flexibility index (Phi) is 5.43. The Bertz CT molecular complexity index is 848. The average Bonchev–Trinajstić information content (AvgIpc) is 3.18. The van der Waals surface area contributed by atoms with Gasteiger partial charge in [-0.05, 0) is 25.1 Å². The van der Waals surface area contributed by atoms with E-state index in [1.807, 2.05) is 0 Å². The van der Waals surface area contributed by atoms with Gasteiger partial charge in [-0.2, -0.15) is 0 Å². The van der Waals surface area contributed by atoms with Crippen molar-refractivity contribution in [3.05, 3.63) is 40.0 Å². The third kappa shape index (κ3) is 3.58. The lowest BCUT2D eigenvalue weighted by molar-refractivity contribution is 0.528. The second-order valence-corrected chi connectivity index (χ2v) is 6.70. The normalized spacial score (nSPS) is 11.2. The maximum absolute atomic E-state index is 6.17. The van der Waals surface area contributed by atoms with Gasteiger partial charge in [0.05, 0.1) is 16.3 Å². The summed E-state index contributed by atoms with van der Waals surface area (Å²) in [6, 6.07) is 5.14. The zero-order valence-electron chi connectivity index (χ0n) is 13.2. The molecule has 2 heterocycles. The monoisotopic (exact) mass is 383 g/mol. The van der Waals surface area contributed by atoms with Crippen molar-refractivity contribution in [3.8, 4) is 11.5 Å². The number of aromatic nitrogens is 5. The summed E-state index contributed by atoms with van der Waals surface area (Å²) in [5.74, 6) is 2.36. The van der Waals surface area contributed by atoms with Crippen LogP contribution in [-0.2, 0) is 18.7 Å². The molecule has 0 aliphatic heterocycles. The van der Waals surface area contributed by atoms with Crippen molar-refractivity contribution in [1.82, 2.24) is 25.0 Å². The zero-order valence-corrected chi connectivity index (χ0v) is 15.5. The summed E-state index contributed by atoms with van der Waals surface area (Å²) in [4.78, 5) is 0. The number of halogens is 2. The lowest BCUT2D eigenvalue weighted by Crippen LogP contribution is -2.02. The van der Waals surface area contributed by atoms with E-state index in [1.54, 1.807) is 18.2 Å². The molecule has 6 nitrogen and oxygen atoms in total. The fourth-order valence-electron chi connectivity index (χ4n) is 2.21. The highest BCUT2D eigenvalue weighted by Crippen LogP contribution is 2.30. The standard InChI is InChI=1S/C15H15Cl2N5OS/c1-3-12-18-21-15(22(12)4-2)24-8-13-19-20-14(23-13)10-6-5-9(16)7-11(10)17/h5-7H,3-4,8H2,1-2H3. The number of rotatable bonds is 6. The number of aryl methyl sites for hydroxylation is 1. The first-order valence-electron chi connectivity index (χ1n) is 7.45. The molecular formula is C15H15Cl2N5OS. The van der Waals surface area contributed by atoms with Crippen LogP contribution in [0.25, 0.3) is 11.5 Å². The van der Waals surface area contributed by atoms with Crippen LogP contribution in [0.3, 0.4) is 0 Å². The van der Waals surface area contributed by atoms with Gasteiger partial charge in [0.1, 0.15) is 5.82 Å². The summed E-state index contributed by atoms with van der Waals surface area (Å²) >= 11 is 13.6. The van der Waals surface area contributed by atoms with Crippen LogP contribution < -0.4 is 0 Å². The average molecular weight is 384 g/mol. The summed E-state index contributed by atoms with van der Waals surface area (Å²) in [6.45, 7) is 4.96. The molecule has 0 amide bonds. The fourth-order valence-corrected chi connectivity index (χ4v) is 3.56. The van der Waals surface area contributed by atoms with E-state index in [1.165, 1.54) is 11.8 Å². The fraction of sp³-hybridized carbons (Fsp3) is 0.333. The minimum atomic E-state index is 0.374. The molecule has 0 N–H and O–H groups in total. The molecule has 9 heteroatoms. The molecule has 2 aromatic heterocycles. The van der Waals surface area contributed by atoms with E-state index in [0.717, 1.165) is 23.9 Å². The lowest BCUT2D eigenvalue weighted by Gasteiger charge is -2.04. The van der Waals surface area contributed by atoms with Crippen LogP contribution in [0, 0.1) is 0 Å². The summed E-state index contributed by atoms with van der Waals surface area (Å²) in [5, 5.41) is 18.4. The van der Waals surface area contributed by atoms with Crippen LogP contribution in [-0.4, -0.2) is 25.0 Å². The molecule has 126 valence electrons. The first-order valence-corrected chi connectivity index (χ1v) is 9.19. The quantitative estimate of drug-likeness (QED) is 0.583. The molecule has 0 radical (unpaired) electrons. The highest BCUT2D eigenvalue weighted by Gasteiger charge is 2.15. The van der Waals surface area contributed by atoms with Crippen LogP contribution >= 0.6 is 35.0 Å². The van der Waals surface area contributed by atoms with Crippen LogP contribution in [0.1, 0.15) is 25.6 Å². The molecule has 24 heavy (non-hydrogen) atoms. The Morgan fingerprint density at radius 2 is 1.96 bits per heavy atom. The van der Waals surface area contributed by atoms with Crippen molar-refractivity contribution in [3.63, 3.8) is 0 Å². The Morgan fingerprint density at radius 1 is 1.12 bits per heavy atom. The Balaban J connectivity index is 1.74. The molecule has 0 unspecified atom stereocenters. The number of thioether (sulfide) groups is 1. The maximum Gasteiger partial charge on any atom is 0.249 e. The predicted molar refractivity (Wildman–Crippen MR) is 94.4 cm³/mol. The number of benzene rings is 1. The number of nitrogens with zero attached hydrogens (tertiary/aromatic N) is 5. The Labute approximate surface area is 153 Å². The van der Waals surface area contributed by atoms with Crippen LogP contribution in [0.2, 0.25) is 10.0 Å². The minimum absolute atomic E-state index is 0.374. The zero-order chi connectivity index (χ0) is 17.1. The molecule has 0 bridgehead atoms. The molecule has 0 saturated carbocycles. The molecule has 0 aliphatic carbocycles. The highest BCUT2D eigenvalue weighted by molar-refractivity contribution is 7.98. The van der Waals surface area contributed by atoms with Gasteiger partial charge in [-0.15, -0.1) is 20.4 Å². The molecule has 1 aromatic carbocycles. The number of hydrogen-bond acceptors (Lipinski definition) is 6. The van der Waals surface area contributed by atoms with Crippen LogP contribution in [0.5, 0.6) is 0 Å². The van der Waals surface area contributed by atoms with E-state index >= 15 is 0 Å². The molecule has 0 fully saturated rings. The molecular weight excluding hydrogens is 369 g/mol. The molecule has 0 spiro atoms. The first-order chi connectivity index (χ1) is 11.6. The van der Waals surface area contributed by atoms with Gasteiger partial charge in [-0.1, -0.05) is 41.9 Å².